The van der Waals surface area contributed by atoms with Crippen LogP contribution in [0.15, 0.2) is 30.3 Å². The molecule has 2 aliphatic rings. The number of nitrogens with zero attached hydrogens (tertiary/aromatic N) is 1. The van der Waals surface area contributed by atoms with Gasteiger partial charge in [0.15, 0.2) is 0 Å². The van der Waals surface area contributed by atoms with Crippen molar-refractivity contribution in [3.05, 3.63) is 35.9 Å². The molecule has 3 amide bonds. The lowest BCUT2D eigenvalue weighted by molar-refractivity contribution is -0.141. The van der Waals surface area contributed by atoms with E-state index in [1.54, 1.807) is 0 Å². The van der Waals surface area contributed by atoms with Crippen LogP contribution in [-0.2, 0) is 19.9 Å². The summed E-state index contributed by atoms with van der Waals surface area (Å²) >= 11 is 0. The highest BCUT2D eigenvalue weighted by Crippen LogP contribution is 2.39. The summed E-state index contributed by atoms with van der Waals surface area (Å²) in [5, 5.41) is 5.82. The third-order valence-electron chi connectivity index (χ3n) is 5.69. The van der Waals surface area contributed by atoms with Crippen molar-refractivity contribution in [2.75, 3.05) is 26.7 Å². The molecular weight excluding hydrogens is 346 g/mol. The number of urea groups is 1. The number of methoxy groups -OCH3 is 1. The minimum atomic E-state index is -1.07. The molecule has 2 aliphatic heterocycles. The van der Waals surface area contributed by atoms with Crippen LogP contribution in [-0.4, -0.2) is 49.6 Å². The monoisotopic (exact) mass is 373 g/mol. The van der Waals surface area contributed by atoms with E-state index in [0.29, 0.717) is 12.3 Å². The van der Waals surface area contributed by atoms with Crippen LogP contribution in [0.5, 0.6) is 0 Å². The van der Waals surface area contributed by atoms with Crippen LogP contribution in [0.4, 0.5) is 4.79 Å². The predicted octanol–water partition coefficient (Wildman–Crippen LogP) is 1.78. The normalized spacial score (nSPS) is 23.4. The molecule has 0 radical (unpaired) electrons. The number of ether oxygens (including phenoxy) is 1. The Hall–Kier alpha value is -2.41. The molecule has 2 heterocycles. The number of nitrogens with one attached hydrogen (secondary N) is 2. The second-order valence-corrected chi connectivity index (χ2v) is 7.20. The molecule has 0 bridgehead atoms. The highest BCUT2D eigenvalue weighted by Gasteiger charge is 2.53. The molecule has 0 spiro atoms. The first-order valence-corrected chi connectivity index (χ1v) is 9.54. The van der Waals surface area contributed by atoms with Crippen molar-refractivity contribution < 1.29 is 19.1 Å². The number of hydrogen-bond donors (Lipinski definition) is 2. The maximum atomic E-state index is 13.0. The zero-order valence-electron chi connectivity index (χ0n) is 15.7. The number of amides is 3. The number of rotatable bonds is 7. The lowest BCUT2D eigenvalue weighted by Gasteiger charge is -2.37. The maximum Gasteiger partial charge on any atom is 0.325 e. The third kappa shape index (κ3) is 3.98. The van der Waals surface area contributed by atoms with Crippen LogP contribution in [0.3, 0.4) is 0 Å². The van der Waals surface area contributed by atoms with Gasteiger partial charge >= 0.3 is 12.0 Å². The van der Waals surface area contributed by atoms with Gasteiger partial charge < -0.3 is 15.0 Å². The summed E-state index contributed by atoms with van der Waals surface area (Å²) < 4.78 is 4.71. The smallest absolute Gasteiger partial charge is 0.325 e. The highest BCUT2D eigenvalue weighted by molar-refractivity contribution is 6.07. The molecule has 146 valence electrons. The number of piperidine rings is 1. The van der Waals surface area contributed by atoms with Crippen molar-refractivity contribution in [3.63, 3.8) is 0 Å². The Morgan fingerprint density at radius 2 is 1.93 bits per heavy atom. The molecule has 1 atom stereocenters. The van der Waals surface area contributed by atoms with E-state index < -0.39 is 17.5 Å². The topological polar surface area (TPSA) is 87.7 Å². The Morgan fingerprint density at radius 1 is 1.22 bits per heavy atom. The minimum Gasteiger partial charge on any atom is -0.469 e. The molecule has 27 heavy (non-hydrogen) atoms. The molecule has 0 saturated carbocycles. The van der Waals surface area contributed by atoms with E-state index in [-0.39, 0.29) is 18.9 Å². The van der Waals surface area contributed by atoms with Gasteiger partial charge in [-0.15, -0.1) is 0 Å². The van der Waals surface area contributed by atoms with Gasteiger partial charge in [-0.05, 0) is 50.3 Å². The second kappa shape index (κ2) is 8.52. The summed E-state index contributed by atoms with van der Waals surface area (Å²) in [6.07, 6.45) is 3.59. The van der Waals surface area contributed by atoms with Crippen LogP contribution < -0.4 is 10.6 Å². The summed E-state index contributed by atoms with van der Waals surface area (Å²) in [7, 11) is 1.32. The second-order valence-electron chi connectivity index (χ2n) is 7.20. The van der Waals surface area contributed by atoms with Crippen molar-refractivity contribution in [3.8, 4) is 0 Å². The highest BCUT2D eigenvalue weighted by atomic mass is 16.5. The van der Waals surface area contributed by atoms with Crippen molar-refractivity contribution in [2.24, 2.45) is 5.92 Å². The fourth-order valence-corrected chi connectivity index (χ4v) is 4.14. The fourth-order valence-electron chi connectivity index (χ4n) is 4.14. The molecule has 1 unspecified atom stereocenters. The van der Waals surface area contributed by atoms with E-state index >= 15 is 0 Å². The van der Waals surface area contributed by atoms with Crippen molar-refractivity contribution in [1.29, 1.82) is 0 Å². The fraction of sp³-hybridized carbons (Fsp3) is 0.550. The van der Waals surface area contributed by atoms with Crippen LogP contribution >= 0.6 is 0 Å². The third-order valence-corrected chi connectivity index (χ3v) is 5.69. The Morgan fingerprint density at radius 3 is 2.59 bits per heavy atom. The quantitative estimate of drug-likeness (QED) is 0.562. The largest absolute Gasteiger partial charge is 0.469 e. The number of carbonyl (C=O) groups excluding carboxylic acids is 3. The lowest BCUT2D eigenvalue weighted by atomic mass is 9.80. The van der Waals surface area contributed by atoms with E-state index in [0.717, 1.165) is 37.9 Å². The number of hydrogen-bond acceptors (Lipinski definition) is 5. The van der Waals surface area contributed by atoms with Crippen LogP contribution in [0.2, 0.25) is 0 Å². The SMILES string of the molecule is COC(=O)CCN1C(=O)NC(=O)C1(CCC1CCNCC1)c1ccccc1. The Bertz CT molecular complexity index is 688. The van der Waals surface area contributed by atoms with Crippen molar-refractivity contribution in [1.82, 2.24) is 15.5 Å². The molecule has 3 rings (SSSR count). The number of esters is 1. The molecule has 0 aromatic heterocycles. The number of benzene rings is 1. The van der Waals surface area contributed by atoms with Crippen LogP contribution in [0, 0.1) is 5.92 Å². The molecule has 7 heteroatoms. The first-order valence-electron chi connectivity index (χ1n) is 9.54. The summed E-state index contributed by atoms with van der Waals surface area (Å²) in [6.45, 7) is 2.12. The Balaban J connectivity index is 1.89. The standard InChI is InChI=1S/C20H27N3O4/c1-27-17(24)10-14-23-19(26)22-18(25)20(23,16-5-3-2-4-6-16)11-7-15-8-12-21-13-9-15/h2-6,15,21H,7-14H2,1H3,(H,22,25,26). The molecule has 2 N–H and O–H groups in total. The summed E-state index contributed by atoms with van der Waals surface area (Å²) in [5.41, 5.74) is -0.288. The molecule has 7 nitrogen and oxygen atoms in total. The van der Waals surface area contributed by atoms with Gasteiger partial charge in [-0.3, -0.25) is 14.9 Å². The zero-order chi connectivity index (χ0) is 19.3. The molecule has 1 aromatic carbocycles. The number of imide groups is 1. The predicted molar refractivity (Wildman–Crippen MR) is 99.8 cm³/mol. The maximum absolute atomic E-state index is 13.0. The Labute approximate surface area is 159 Å². The first-order chi connectivity index (χ1) is 13.1. The molecule has 2 saturated heterocycles. The average molecular weight is 373 g/mol. The molecule has 1 aromatic rings. The van der Waals surface area contributed by atoms with Gasteiger partial charge in [0.05, 0.1) is 13.5 Å². The molecular formula is C20H27N3O4. The zero-order valence-corrected chi connectivity index (χ0v) is 15.7. The average Bonchev–Trinajstić information content (AvgIpc) is 2.95. The first kappa shape index (κ1) is 19.4. The van der Waals surface area contributed by atoms with E-state index in [4.69, 9.17) is 4.74 Å². The van der Waals surface area contributed by atoms with Gasteiger partial charge in [0.25, 0.3) is 5.91 Å². The summed E-state index contributed by atoms with van der Waals surface area (Å²) in [4.78, 5) is 38.7. The van der Waals surface area contributed by atoms with Gasteiger partial charge in [0.1, 0.15) is 5.54 Å². The summed E-state index contributed by atoms with van der Waals surface area (Å²) in [6, 6.07) is 8.94. The van der Waals surface area contributed by atoms with Gasteiger partial charge in [0, 0.05) is 6.54 Å². The van der Waals surface area contributed by atoms with Crippen LogP contribution in [0.25, 0.3) is 0 Å². The summed E-state index contributed by atoms with van der Waals surface area (Å²) in [5.74, 6) is -0.183. The van der Waals surface area contributed by atoms with E-state index in [9.17, 15) is 14.4 Å². The van der Waals surface area contributed by atoms with Gasteiger partial charge in [-0.2, -0.15) is 0 Å². The Kier molecular flexibility index (Phi) is 6.11. The van der Waals surface area contributed by atoms with E-state index in [1.807, 2.05) is 30.3 Å². The van der Waals surface area contributed by atoms with Crippen molar-refractivity contribution >= 4 is 17.9 Å². The van der Waals surface area contributed by atoms with E-state index in [2.05, 4.69) is 10.6 Å². The van der Waals surface area contributed by atoms with Gasteiger partial charge in [-0.25, -0.2) is 4.79 Å². The molecule has 0 aliphatic carbocycles. The van der Waals surface area contributed by atoms with E-state index in [1.165, 1.54) is 12.0 Å². The van der Waals surface area contributed by atoms with Crippen LogP contribution in [0.1, 0.15) is 37.7 Å². The molecule has 2 fully saturated rings. The van der Waals surface area contributed by atoms with Gasteiger partial charge in [0.2, 0.25) is 0 Å². The van der Waals surface area contributed by atoms with Gasteiger partial charge in [-0.1, -0.05) is 30.3 Å². The lowest BCUT2D eigenvalue weighted by Crippen LogP contribution is -2.48. The minimum absolute atomic E-state index is 0.0547. The number of carbonyl (C=O) groups is 3. The van der Waals surface area contributed by atoms with Crippen molar-refractivity contribution in [2.45, 2.75) is 37.6 Å².